The Morgan fingerprint density at radius 3 is 2.50 bits per heavy atom. The zero-order valence-corrected chi connectivity index (χ0v) is 7.05. The van der Waals surface area contributed by atoms with Gasteiger partial charge in [0.2, 0.25) is 0 Å². The van der Waals surface area contributed by atoms with Crippen molar-refractivity contribution in [2.45, 2.75) is 12.1 Å². The number of nitriles is 1. The highest BCUT2D eigenvalue weighted by atomic mass is 35.5. The topological polar surface area (TPSA) is 45.7 Å². The van der Waals surface area contributed by atoms with Crippen molar-refractivity contribution in [3.8, 4) is 6.07 Å². The second kappa shape index (κ2) is 2.78. The first kappa shape index (κ1) is 7.60. The van der Waals surface area contributed by atoms with Crippen molar-refractivity contribution in [2.24, 2.45) is 0 Å². The molecule has 1 aliphatic heterocycles. The smallest absolute Gasteiger partial charge is 0.116 e. The normalized spacial score (nSPS) is 26.3. The van der Waals surface area contributed by atoms with Crippen molar-refractivity contribution in [3.63, 3.8) is 0 Å². The monoisotopic (exact) mass is 178 g/mol. The average Bonchev–Trinajstić information content (AvgIpc) is 2.85. The molecular weight excluding hydrogens is 172 g/mol. The quantitative estimate of drug-likeness (QED) is 0.668. The molecule has 12 heavy (non-hydrogen) atoms. The van der Waals surface area contributed by atoms with E-state index in [2.05, 4.69) is 11.4 Å². The van der Waals surface area contributed by atoms with Crippen molar-refractivity contribution in [1.82, 2.24) is 5.32 Å². The van der Waals surface area contributed by atoms with Crippen LogP contribution in [-0.2, 0) is 0 Å². The number of benzene rings is 1. The molecule has 2 rings (SSSR count). The predicted octanol–water partition coefficient (Wildman–Crippen LogP) is 1.88. The van der Waals surface area contributed by atoms with Gasteiger partial charge in [-0.15, -0.1) is 0 Å². The third-order valence-corrected chi connectivity index (χ3v) is 2.20. The summed E-state index contributed by atoms with van der Waals surface area (Å²) in [6.45, 7) is 0. The van der Waals surface area contributed by atoms with Crippen LogP contribution in [0.5, 0.6) is 0 Å². The summed E-state index contributed by atoms with van der Waals surface area (Å²) in [6.07, 6.45) is 0. The number of hydrogen-bond acceptors (Lipinski definition) is 2. The van der Waals surface area contributed by atoms with E-state index >= 15 is 0 Å². The molecule has 0 spiro atoms. The maximum Gasteiger partial charge on any atom is 0.116 e. The highest BCUT2D eigenvalue weighted by Gasteiger charge is 2.37. The molecule has 1 fully saturated rings. The van der Waals surface area contributed by atoms with Gasteiger partial charge in [-0.1, -0.05) is 23.7 Å². The van der Waals surface area contributed by atoms with Crippen LogP contribution in [0.4, 0.5) is 0 Å². The van der Waals surface area contributed by atoms with E-state index in [0.29, 0.717) is 0 Å². The van der Waals surface area contributed by atoms with Crippen LogP contribution in [0, 0.1) is 11.3 Å². The van der Waals surface area contributed by atoms with Gasteiger partial charge in [-0.05, 0) is 17.7 Å². The molecule has 1 heterocycles. The zero-order valence-electron chi connectivity index (χ0n) is 6.29. The van der Waals surface area contributed by atoms with E-state index in [1.54, 1.807) is 0 Å². The molecule has 0 unspecified atom stereocenters. The van der Waals surface area contributed by atoms with E-state index in [9.17, 15) is 0 Å². The Labute approximate surface area is 75.8 Å². The number of nitrogens with zero attached hydrogens (tertiary/aromatic N) is 1. The minimum Gasteiger partial charge on any atom is -0.291 e. The fraction of sp³-hybridized carbons (Fsp3) is 0.222. The van der Waals surface area contributed by atoms with Gasteiger partial charge in [0.05, 0.1) is 12.1 Å². The Morgan fingerprint density at radius 2 is 2.00 bits per heavy atom. The highest BCUT2D eigenvalue weighted by Crippen LogP contribution is 2.29. The Morgan fingerprint density at radius 1 is 1.33 bits per heavy atom. The van der Waals surface area contributed by atoms with Gasteiger partial charge in [-0.2, -0.15) is 5.26 Å². The van der Waals surface area contributed by atoms with Crippen LogP contribution in [-0.4, -0.2) is 6.04 Å². The third kappa shape index (κ3) is 1.29. The lowest BCUT2D eigenvalue weighted by Gasteiger charge is -1.94. The molecule has 0 saturated carbocycles. The minimum absolute atomic E-state index is 0.00817. The molecule has 1 aromatic carbocycles. The van der Waals surface area contributed by atoms with Crippen molar-refractivity contribution in [3.05, 3.63) is 34.9 Å². The largest absolute Gasteiger partial charge is 0.291 e. The van der Waals surface area contributed by atoms with Crippen LogP contribution in [0.3, 0.4) is 0 Å². The van der Waals surface area contributed by atoms with Gasteiger partial charge in [0.25, 0.3) is 0 Å². The lowest BCUT2D eigenvalue weighted by atomic mass is 10.1. The summed E-state index contributed by atoms with van der Waals surface area (Å²) in [4.78, 5) is 0. The highest BCUT2D eigenvalue weighted by molar-refractivity contribution is 6.30. The molecule has 0 amide bonds. The molecule has 0 radical (unpaired) electrons. The van der Waals surface area contributed by atoms with Crippen molar-refractivity contribution >= 4 is 11.6 Å². The van der Waals surface area contributed by atoms with Crippen molar-refractivity contribution < 1.29 is 0 Å². The second-order valence-electron chi connectivity index (χ2n) is 2.80. The molecule has 3 heteroatoms. The van der Waals surface area contributed by atoms with Crippen LogP contribution in [0.1, 0.15) is 11.6 Å². The first-order valence-electron chi connectivity index (χ1n) is 3.72. The maximum absolute atomic E-state index is 8.55. The Hall–Kier alpha value is -1.04. The standard InChI is InChI=1S/C9H7ClN2/c10-7-3-1-6(2-4-7)9-8(5-11)12-9/h1-4,8-9,12H/t8-,9+/m0/s1. The summed E-state index contributed by atoms with van der Waals surface area (Å²) in [5.74, 6) is 0. The Kier molecular flexibility index (Phi) is 1.76. The number of nitrogens with one attached hydrogen (secondary N) is 1. The van der Waals surface area contributed by atoms with Crippen LogP contribution >= 0.6 is 11.6 Å². The predicted molar refractivity (Wildman–Crippen MR) is 46.7 cm³/mol. The summed E-state index contributed by atoms with van der Waals surface area (Å²) in [5, 5.41) is 12.3. The minimum atomic E-state index is -0.00817. The maximum atomic E-state index is 8.55. The Balaban J connectivity index is 2.17. The first-order chi connectivity index (χ1) is 5.81. The van der Waals surface area contributed by atoms with Gasteiger partial charge < -0.3 is 0 Å². The number of hydrogen-bond donors (Lipinski definition) is 1. The van der Waals surface area contributed by atoms with Crippen molar-refractivity contribution in [1.29, 1.82) is 5.26 Å². The van der Waals surface area contributed by atoms with E-state index in [0.717, 1.165) is 10.6 Å². The van der Waals surface area contributed by atoms with Gasteiger partial charge in [0.15, 0.2) is 0 Å². The molecule has 2 nitrogen and oxygen atoms in total. The molecule has 0 aliphatic carbocycles. The van der Waals surface area contributed by atoms with E-state index in [4.69, 9.17) is 16.9 Å². The number of halogens is 1. The van der Waals surface area contributed by atoms with E-state index in [-0.39, 0.29) is 12.1 Å². The summed E-state index contributed by atoms with van der Waals surface area (Å²) >= 11 is 5.72. The van der Waals surface area contributed by atoms with Gasteiger partial charge >= 0.3 is 0 Å². The zero-order chi connectivity index (χ0) is 8.55. The van der Waals surface area contributed by atoms with Crippen LogP contribution in [0.2, 0.25) is 5.02 Å². The number of rotatable bonds is 1. The molecular formula is C9H7ClN2. The van der Waals surface area contributed by atoms with E-state index in [1.165, 1.54) is 0 Å². The summed E-state index contributed by atoms with van der Waals surface area (Å²) in [6, 6.07) is 9.93. The van der Waals surface area contributed by atoms with Crippen molar-refractivity contribution in [2.75, 3.05) is 0 Å². The molecule has 1 aliphatic rings. The van der Waals surface area contributed by atoms with Crippen LogP contribution < -0.4 is 5.32 Å². The van der Waals surface area contributed by atoms with Gasteiger partial charge in [-0.3, -0.25) is 5.32 Å². The summed E-state index contributed by atoms with van der Waals surface area (Å²) in [7, 11) is 0. The molecule has 1 aromatic rings. The van der Waals surface area contributed by atoms with E-state index in [1.807, 2.05) is 24.3 Å². The fourth-order valence-electron chi connectivity index (χ4n) is 1.21. The molecule has 2 atom stereocenters. The first-order valence-corrected chi connectivity index (χ1v) is 4.10. The van der Waals surface area contributed by atoms with Crippen LogP contribution in [0.25, 0.3) is 0 Å². The third-order valence-electron chi connectivity index (χ3n) is 1.95. The average molecular weight is 179 g/mol. The van der Waals surface area contributed by atoms with Gasteiger partial charge in [0.1, 0.15) is 6.04 Å². The van der Waals surface area contributed by atoms with Gasteiger partial charge in [0, 0.05) is 5.02 Å². The summed E-state index contributed by atoms with van der Waals surface area (Å²) in [5.41, 5.74) is 1.13. The molecule has 1 N–H and O–H groups in total. The Bertz CT molecular complexity index is 325. The molecule has 60 valence electrons. The fourth-order valence-corrected chi connectivity index (χ4v) is 1.33. The lowest BCUT2D eigenvalue weighted by Crippen LogP contribution is -1.83. The second-order valence-corrected chi connectivity index (χ2v) is 3.24. The molecule has 1 saturated heterocycles. The SMILES string of the molecule is N#C[C@@H]1N[C@@H]1c1ccc(Cl)cc1. The molecule has 0 aromatic heterocycles. The lowest BCUT2D eigenvalue weighted by molar-refractivity contribution is 1.07. The summed E-state index contributed by atoms with van der Waals surface area (Å²) < 4.78 is 0. The van der Waals surface area contributed by atoms with E-state index < -0.39 is 0 Å². The molecule has 0 bridgehead atoms. The van der Waals surface area contributed by atoms with Gasteiger partial charge in [-0.25, -0.2) is 0 Å². The van der Waals surface area contributed by atoms with Crippen LogP contribution in [0.15, 0.2) is 24.3 Å².